The van der Waals surface area contributed by atoms with Gasteiger partial charge >= 0.3 is 5.97 Å². The Morgan fingerprint density at radius 3 is 2.48 bits per heavy atom. The summed E-state index contributed by atoms with van der Waals surface area (Å²) in [5.74, 6) is -1.58. The number of nitrogens with zero attached hydrogens (tertiary/aromatic N) is 1. The highest BCUT2D eigenvalue weighted by Crippen LogP contribution is 2.23. The van der Waals surface area contributed by atoms with Gasteiger partial charge in [0.15, 0.2) is 0 Å². The average molecular weight is 405 g/mol. The first kappa shape index (κ1) is 22.8. The van der Waals surface area contributed by atoms with E-state index in [0.717, 1.165) is 37.3 Å². The maximum absolute atomic E-state index is 12.4. The minimum absolute atomic E-state index is 0.165. The van der Waals surface area contributed by atoms with E-state index in [0.29, 0.717) is 12.3 Å². The van der Waals surface area contributed by atoms with Gasteiger partial charge in [-0.1, -0.05) is 19.9 Å². The molecule has 1 saturated heterocycles. The lowest BCUT2D eigenvalue weighted by atomic mass is 9.94. The molecule has 2 rings (SSSR count). The monoisotopic (exact) mass is 404 g/mol. The number of hydrogen-bond acceptors (Lipinski definition) is 5. The van der Waals surface area contributed by atoms with Gasteiger partial charge in [0.1, 0.15) is 12.1 Å². The molecule has 2 atom stereocenters. The van der Waals surface area contributed by atoms with Crippen LogP contribution in [0.15, 0.2) is 18.2 Å². The smallest absolute Gasteiger partial charge is 0.325 e. The molecule has 1 aromatic rings. The van der Waals surface area contributed by atoms with Crippen LogP contribution in [0.2, 0.25) is 0 Å². The highest BCUT2D eigenvalue weighted by atomic mass is 16.4. The molecule has 1 aliphatic heterocycles. The SMILES string of the molecule is CC(C)[C@H](NC(=O)CCc1cccc(C2CCNCC2)n1)C(=O)N[C@@H](C)C(=O)O. The number of carbonyl (C=O) groups is 3. The van der Waals surface area contributed by atoms with Crippen molar-refractivity contribution in [1.29, 1.82) is 0 Å². The maximum atomic E-state index is 12.4. The van der Waals surface area contributed by atoms with Crippen LogP contribution in [0.5, 0.6) is 0 Å². The first-order chi connectivity index (χ1) is 13.8. The van der Waals surface area contributed by atoms with Crippen LogP contribution >= 0.6 is 0 Å². The van der Waals surface area contributed by atoms with Crippen molar-refractivity contribution in [1.82, 2.24) is 20.9 Å². The molecule has 0 unspecified atom stereocenters. The van der Waals surface area contributed by atoms with E-state index in [1.165, 1.54) is 6.92 Å². The van der Waals surface area contributed by atoms with Crippen LogP contribution in [0, 0.1) is 5.92 Å². The van der Waals surface area contributed by atoms with Gasteiger partial charge in [-0.15, -0.1) is 0 Å². The lowest BCUT2D eigenvalue weighted by Gasteiger charge is -2.23. The molecule has 1 aromatic heterocycles. The number of piperidine rings is 1. The molecule has 8 heteroatoms. The Kier molecular flexibility index (Phi) is 8.57. The van der Waals surface area contributed by atoms with Gasteiger partial charge in [-0.05, 0) is 57.3 Å². The Morgan fingerprint density at radius 1 is 1.17 bits per heavy atom. The Labute approximate surface area is 171 Å². The lowest BCUT2D eigenvalue weighted by molar-refractivity contribution is -0.142. The van der Waals surface area contributed by atoms with E-state index in [2.05, 4.69) is 16.0 Å². The predicted octanol–water partition coefficient (Wildman–Crippen LogP) is 1.21. The molecule has 29 heavy (non-hydrogen) atoms. The lowest BCUT2D eigenvalue weighted by Crippen LogP contribution is -2.53. The van der Waals surface area contributed by atoms with Gasteiger partial charge in [-0.3, -0.25) is 19.4 Å². The molecule has 0 spiro atoms. The average Bonchev–Trinajstić information content (AvgIpc) is 2.70. The number of pyridine rings is 1. The quantitative estimate of drug-likeness (QED) is 0.491. The fourth-order valence-electron chi connectivity index (χ4n) is 3.37. The van der Waals surface area contributed by atoms with Crippen molar-refractivity contribution in [2.45, 2.75) is 64.5 Å². The van der Waals surface area contributed by atoms with Crippen molar-refractivity contribution < 1.29 is 19.5 Å². The first-order valence-corrected chi connectivity index (χ1v) is 10.3. The third-order valence-electron chi connectivity index (χ3n) is 5.19. The predicted molar refractivity (Wildman–Crippen MR) is 109 cm³/mol. The minimum atomic E-state index is -1.12. The van der Waals surface area contributed by atoms with E-state index in [-0.39, 0.29) is 18.2 Å². The molecule has 2 heterocycles. The van der Waals surface area contributed by atoms with Crippen molar-refractivity contribution in [2.75, 3.05) is 13.1 Å². The van der Waals surface area contributed by atoms with Crippen molar-refractivity contribution in [3.63, 3.8) is 0 Å². The standard InChI is InChI=1S/C21H32N4O4/c1-13(2)19(20(27)23-14(3)21(28)29)25-18(26)8-7-16-5-4-6-17(24-16)15-9-11-22-12-10-15/h4-6,13-15,19,22H,7-12H2,1-3H3,(H,23,27)(H,25,26)(H,28,29)/t14-,19-/m0/s1. The Hall–Kier alpha value is -2.48. The van der Waals surface area contributed by atoms with Crippen LogP contribution in [0.4, 0.5) is 0 Å². The molecule has 8 nitrogen and oxygen atoms in total. The first-order valence-electron chi connectivity index (χ1n) is 10.3. The van der Waals surface area contributed by atoms with Gasteiger partial charge in [0, 0.05) is 23.7 Å². The number of amides is 2. The highest BCUT2D eigenvalue weighted by Gasteiger charge is 2.26. The van der Waals surface area contributed by atoms with E-state index in [1.807, 2.05) is 18.2 Å². The summed E-state index contributed by atoms with van der Waals surface area (Å²) in [5, 5.41) is 17.4. The minimum Gasteiger partial charge on any atom is -0.480 e. The Balaban J connectivity index is 1.90. The molecule has 0 saturated carbocycles. The summed E-state index contributed by atoms with van der Waals surface area (Å²) in [6.45, 7) is 7.00. The molecule has 0 aliphatic carbocycles. The molecule has 2 amide bonds. The summed E-state index contributed by atoms with van der Waals surface area (Å²) in [6, 6.07) is 4.15. The Morgan fingerprint density at radius 2 is 1.86 bits per heavy atom. The van der Waals surface area contributed by atoms with Gasteiger partial charge in [-0.2, -0.15) is 0 Å². The number of carboxylic acids is 1. The van der Waals surface area contributed by atoms with Crippen LogP contribution in [0.3, 0.4) is 0 Å². The molecule has 1 fully saturated rings. The number of carboxylic acid groups (broad SMARTS) is 1. The summed E-state index contributed by atoms with van der Waals surface area (Å²) in [6.07, 6.45) is 2.84. The summed E-state index contributed by atoms with van der Waals surface area (Å²) < 4.78 is 0. The van der Waals surface area contributed by atoms with E-state index >= 15 is 0 Å². The molecule has 4 N–H and O–H groups in total. The molecule has 0 radical (unpaired) electrons. The number of carbonyl (C=O) groups excluding carboxylic acids is 2. The summed E-state index contributed by atoms with van der Waals surface area (Å²) in [7, 11) is 0. The van der Waals surface area contributed by atoms with Crippen LogP contribution < -0.4 is 16.0 Å². The van der Waals surface area contributed by atoms with Gasteiger partial charge in [0.25, 0.3) is 0 Å². The summed E-state index contributed by atoms with van der Waals surface area (Å²) in [4.78, 5) is 40.4. The normalized spacial score (nSPS) is 16.8. The largest absolute Gasteiger partial charge is 0.480 e. The number of aromatic nitrogens is 1. The second-order valence-electron chi connectivity index (χ2n) is 7.94. The Bertz CT molecular complexity index is 716. The fourth-order valence-corrected chi connectivity index (χ4v) is 3.37. The summed E-state index contributed by atoms with van der Waals surface area (Å²) >= 11 is 0. The third-order valence-corrected chi connectivity index (χ3v) is 5.19. The number of aryl methyl sites for hydroxylation is 1. The van der Waals surface area contributed by atoms with Crippen molar-refractivity contribution >= 4 is 17.8 Å². The zero-order valence-electron chi connectivity index (χ0n) is 17.4. The molecular formula is C21H32N4O4. The van der Waals surface area contributed by atoms with Gasteiger partial charge in [0.05, 0.1) is 0 Å². The van der Waals surface area contributed by atoms with Gasteiger partial charge in [0.2, 0.25) is 11.8 Å². The van der Waals surface area contributed by atoms with Crippen LogP contribution in [0.25, 0.3) is 0 Å². The van der Waals surface area contributed by atoms with Crippen molar-refractivity contribution in [2.24, 2.45) is 5.92 Å². The van der Waals surface area contributed by atoms with Gasteiger partial charge in [-0.25, -0.2) is 0 Å². The van der Waals surface area contributed by atoms with E-state index in [9.17, 15) is 14.4 Å². The molecule has 0 bridgehead atoms. The number of aliphatic carboxylic acids is 1. The van der Waals surface area contributed by atoms with Crippen LogP contribution in [-0.2, 0) is 20.8 Å². The molecule has 0 aromatic carbocycles. The maximum Gasteiger partial charge on any atom is 0.325 e. The topological polar surface area (TPSA) is 120 Å². The molecular weight excluding hydrogens is 372 g/mol. The van der Waals surface area contributed by atoms with E-state index < -0.39 is 24.0 Å². The number of nitrogens with one attached hydrogen (secondary N) is 3. The zero-order chi connectivity index (χ0) is 21.4. The highest BCUT2D eigenvalue weighted by molar-refractivity contribution is 5.90. The van der Waals surface area contributed by atoms with Gasteiger partial charge < -0.3 is 21.1 Å². The van der Waals surface area contributed by atoms with Crippen molar-refractivity contribution in [3.8, 4) is 0 Å². The van der Waals surface area contributed by atoms with Crippen molar-refractivity contribution in [3.05, 3.63) is 29.6 Å². The van der Waals surface area contributed by atoms with Crippen LogP contribution in [0.1, 0.15) is 57.3 Å². The fraction of sp³-hybridized carbons (Fsp3) is 0.619. The number of rotatable bonds is 9. The second kappa shape index (κ2) is 10.9. The second-order valence-corrected chi connectivity index (χ2v) is 7.94. The summed E-state index contributed by atoms with van der Waals surface area (Å²) in [5.41, 5.74) is 1.94. The van der Waals surface area contributed by atoms with Crippen LogP contribution in [-0.4, -0.2) is 53.0 Å². The molecule has 1 aliphatic rings. The number of hydrogen-bond donors (Lipinski definition) is 4. The zero-order valence-corrected chi connectivity index (χ0v) is 17.4. The van der Waals surface area contributed by atoms with E-state index in [4.69, 9.17) is 10.1 Å². The third kappa shape index (κ3) is 7.12. The molecule has 160 valence electrons. The van der Waals surface area contributed by atoms with E-state index in [1.54, 1.807) is 13.8 Å².